The van der Waals surface area contributed by atoms with Crippen molar-refractivity contribution in [2.75, 3.05) is 6.54 Å². The van der Waals surface area contributed by atoms with Crippen LogP contribution in [0.3, 0.4) is 0 Å². The van der Waals surface area contributed by atoms with Crippen LogP contribution in [0.1, 0.15) is 23.2 Å². The van der Waals surface area contributed by atoms with Gasteiger partial charge in [0.25, 0.3) is 5.91 Å². The maximum atomic E-state index is 12.1. The summed E-state index contributed by atoms with van der Waals surface area (Å²) in [6, 6.07) is 8.69. The molecule has 1 saturated heterocycles. The minimum absolute atomic E-state index is 0.105. The smallest absolute Gasteiger partial charge is 0.254 e. The summed E-state index contributed by atoms with van der Waals surface area (Å²) in [5, 5.41) is 9.46. The lowest BCUT2D eigenvalue weighted by atomic mass is 10.2. The number of benzene rings is 1. The van der Waals surface area contributed by atoms with Gasteiger partial charge in [-0.25, -0.2) is 0 Å². The SMILES string of the molecule is N#CC1CCCN1C(=O)c1cccc(Cl)c1. The molecule has 1 atom stereocenters. The Morgan fingerprint density at radius 2 is 2.38 bits per heavy atom. The van der Waals surface area contributed by atoms with Gasteiger partial charge in [0.1, 0.15) is 6.04 Å². The van der Waals surface area contributed by atoms with E-state index in [0.717, 1.165) is 12.8 Å². The minimum atomic E-state index is -0.286. The highest BCUT2D eigenvalue weighted by Gasteiger charge is 2.29. The number of halogens is 1. The Kier molecular flexibility index (Phi) is 3.12. The van der Waals surface area contributed by atoms with Crippen molar-refractivity contribution in [2.24, 2.45) is 0 Å². The molecule has 1 heterocycles. The molecule has 0 N–H and O–H groups in total. The molecule has 0 bridgehead atoms. The van der Waals surface area contributed by atoms with Crippen LogP contribution in [0.25, 0.3) is 0 Å². The van der Waals surface area contributed by atoms with E-state index in [1.165, 1.54) is 0 Å². The fourth-order valence-corrected chi connectivity index (χ4v) is 2.12. The third kappa shape index (κ3) is 2.02. The first-order chi connectivity index (χ1) is 7.72. The lowest BCUT2D eigenvalue weighted by molar-refractivity contribution is 0.0765. The molecule has 0 aromatic heterocycles. The summed E-state index contributed by atoms with van der Waals surface area (Å²) in [4.78, 5) is 13.7. The summed E-state index contributed by atoms with van der Waals surface area (Å²) in [5.41, 5.74) is 0.551. The van der Waals surface area contributed by atoms with E-state index in [-0.39, 0.29) is 11.9 Å². The highest BCUT2D eigenvalue weighted by molar-refractivity contribution is 6.30. The van der Waals surface area contributed by atoms with E-state index in [4.69, 9.17) is 16.9 Å². The number of carbonyl (C=O) groups excluding carboxylic acids is 1. The summed E-state index contributed by atoms with van der Waals surface area (Å²) in [5.74, 6) is -0.105. The summed E-state index contributed by atoms with van der Waals surface area (Å²) >= 11 is 5.83. The predicted octanol–water partition coefficient (Wildman–Crippen LogP) is 2.47. The molecule has 4 heteroatoms. The van der Waals surface area contributed by atoms with E-state index in [9.17, 15) is 4.79 Å². The summed E-state index contributed by atoms with van der Waals surface area (Å²) in [6.45, 7) is 0.656. The van der Waals surface area contributed by atoms with Crippen LogP contribution in [0, 0.1) is 11.3 Å². The van der Waals surface area contributed by atoms with E-state index >= 15 is 0 Å². The fraction of sp³-hybridized carbons (Fsp3) is 0.333. The minimum Gasteiger partial charge on any atom is -0.323 e. The molecule has 1 fully saturated rings. The third-order valence-electron chi connectivity index (χ3n) is 2.73. The molecular formula is C12H11ClN2O. The number of nitriles is 1. The quantitative estimate of drug-likeness (QED) is 0.749. The fourth-order valence-electron chi connectivity index (χ4n) is 1.93. The second-order valence-electron chi connectivity index (χ2n) is 3.80. The van der Waals surface area contributed by atoms with E-state index in [1.54, 1.807) is 29.2 Å². The van der Waals surface area contributed by atoms with Gasteiger partial charge in [-0.2, -0.15) is 5.26 Å². The largest absolute Gasteiger partial charge is 0.323 e. The Bertz CT molecular complexity index is 453. The highest BCUT2D eigenvalue weighted by atomic mass is 35.5. The van der Waals surface area contributed by atoms with Gasteiger partial charge >= 0.3 is 0 Å². The zero-order valence-corrected chi connectivity index (χ0v) is 9.44. The van der Waals surface area contributed by atoms with E-state index < -0.39 is 0 Å². The first-order valence-electron chi connectivity index (χ1n) is 5.18. The van der Waals surface area contributed by atoms with Gasteiger partial charge in [0.05, 0.1) is 6.07 Å². The number of hydrogen-bond donors (Lipinski definition) is 0. The topological polar surface area (TPSA) is 44.1 Å². The zero-order chi connectivity index (χ0) is 11.5. The lowest BCUT2D eigenvalue weighted by Gasteiger charge is -2.19. The van der Waals surface area contributed by atoms with E-state index in [0.29, 0.717) is 17.1 Å². The number of rotatable bonds is 1. The number of nitrogens with zero attached hydrogens (tertiary/aromatic N) is 2. The van der Waals surface area contributed by atoms with Gasteiger partial charge in [-0.1, -0.05) is 17.7 Å². The molecule has 82 valence electrons. The maximum absolute atomic E-state index is 12.1. The molecule has 0 aliphatic carbocycles. The van der Waals surface area contributed by atoms with Gasteiger partial charge in [0.2, 0.25) is 0 Å². The zero-order valence-electron chi connectivity index (χ0n) is 8.69. The Hall–Kier alpha value is -1.53. The molecule has 0 radical (unpaired) electrons. The molecule has 0 saturated carbocycles. The van der Waals surface area contributed by atoms with E-state index in [1.807, 2.05) is 0 Å². The van der Waals surface area contributed by atoms with Crippen LogP contribution in [0.5, 0.6) is 0 Å². The van der Waals surface area contributed by atoms with Gasteiger partial charge in [-0.3, -0.25) is 4.79 Å². The lowest BCUT2D eigenvalue weighted by Crippen LogP contribution is -2.34. The number of hydrogen-bond acceptors (Lipinski definition) is 2. The van der Waals surface area contributed by atoms with Crippen molar-refractivity contribution >= 4 is 17.5 Å². The predicted molar refractivity (Wildman–Crippen MR) is 61.1 cm³/mol. The molecule has 1 aromatic carbocycles. The second-order valence-corrected chi connectivity index (χ2v) is 4.23. The molecule has 1 aliphatic heterocycles. The standard InChI is InChI=1S/C12H11ClN2O/c13-10-4-1-3-9(7-10)12(16)15-6-2-5-11(15)8-14/h1,3-4,7,11H,2,5-6H2. The van der Waals surface area contributed by atoms with Crippen LogP contribution in [-0.4, -0.2) is 23.4 Å². The number of likely N-dealkylation sites (tertiary alicyclic amines) is 1. The molecule has 16 heavy (non-hydrogen) atoms. The van der Waals surface area contributed by atoms with Crippen molar-refractivity contribution < 1.29 is 4.79 Å². The first kappa shape index (κ1) is 11.0. The molecule has 1 unspecified atom stereocenters. The molecule has 3 nitrogen and oxygen atoms in total. The average Bonchev–Trinajstić information content (AvgIpc) is 2.76. The maximum Gasteiger partial charge on any atom is 0.254 e. The van der Waals surface area contributed by atoms with Gasteiger partial charge in [-0.15, -0.1) is 0 Å². The van der Waals surface area contributed by atoms with Crippen LogP contribution in [-0.2, 0) is 0 Å². The van der Waals surface area contributed by atoms with Crippen LogP contribution in [0.15, 0.2) is 24.3 Å². The Morgan fingerprint density at radius 1 is 1.56 bits per heavy atom. The summed E-state index contributed by atoms with van der Waals surface area (Å²) in [7, 11) is 0. The molecule has 0 spiro atoms. The summed E-state index contributed by atoms with van der Waals surface area (Å²) < 4.78 is 0. The van der Waals surface area contributed by atoms with Crippen molar-refractivity contribution in [3.63, 3.8) is 0 Å². The summed E-state index contributed by atoms with van der Waals surface area (Å²) in [6.07, 6.45) is 1.66. The molecule has 1 amide bonds. The highest BCUT2D eigenvalue weighted by Crippen LogP contribution is 2.20. The van der Waals surface area contributed by atoms with Crippen molar-refractivity contribution in [2.45, 2.75) is 18.9 Å². The molecule has 2 rings (SSSR count). The Balaban J connectivity index is 2.23. The molecule has 1 aliphatic rings. The average molecular weight is 235 g/mol. The Labute approximate surface area is 99.2 Å². The monoisotopic (exact) mass is 234 g/mol. The number of carbonyl (C=O) groups is 1. The van der Waals surface area contributed by atoms with Crippen LogP contribution in [0.4, 0.5) is 0 Å². The van der Waals surface area contributed by atoms with Crippen molar-refractivity contribution in [3.05, 3.63) is 34.9 Å². The number of amides is 1. The van der Waals surface area contributed by atoms with Gasteiger partial charge in [0.15, 0.2) is 0 Å². The third-order valence-corrected chi connectivity index (χ3v) is 2.97. The van der Waals surface area contributed by atoms with Crippen molar-refractivity contribution in [1.29, 1.82) is 5.26 Å². The van der Waals surface area contributed by atoms with Gasteiger partial charge < -0.3 is 4.90 Å². The van der Waals surface area contributed by atoms with Crippen molar-refractivity contribution in [3.8, 4) is 6.07 Å². The second kappa shape index (κ2) is 4.54. The van der Waals surface area contributed by atoms with Crippen LogP contribution < -0.4 is 0 Å². The normalized spacial score (nSPS) is 19.5. The Morgan fingerprint density at radius 3 is 3.06 bits per heavy atom. The van der Waals surface area contributed by atoms with Gasteiger partial charge in [-0.05, 0) is 31.0 Å². The van der Waals surface area contributed by atoms with Crippen LogP contribution in [0.2, 0.25) is 5.02 Å². The molecule has 1 aromatic rings. The van der Waals surface area contributed by atoms with E-state index in [2.05, 4.69) is 6.07 Å². The van der Waals surface area contributed by atoms with Crippen molar-refractivity contribution in [1.82, 2.24) is 4.90 Å². The molecular weight excluding hydrogens is 224 g/mol. The first-order valence-corrected chi connectivity index (χ1v) is 5.56. The van der Waals surface area contributed by atoms with Crippen LogP contribution >= 0.6 is 11.6 Å². The van der Waals surface area contributed by atoms with Gasteiger partial charge in [0, 0.05) is 17.1 Å².